The molecule has 0 amide bonds. The van der Waals surface area contributed by atoms with Crippen LogP contribution in [0.5, 0.6) is 0 Å². The van der Waals surface area contributed by atoms with Crippen LogP contribution in [0.25, 0.3) is 0 Å². The van der Waals surface area contributed by atoms with Gasteiger partial charge in [-0.3, -0.25) is 0 Å². The van der Waals surface area contributed by atoms with E-state index in [0.29, 0.717) is 0 Å². The summed E-state index contributed by atoms with van der Waals surface area (Å²) in [5.41, 5.74) is 1.95. The van der Waals surface area contributed by atoms with Gasteiger partial charge in [-0.2, -0.15) is 0 Å². The number of nitrogens with zero attached hydrogens (tertiary/aromatic N) is 1. The van der Waals surface area contributed by atoms with Crippen LogP contribution in [0.4, 0.5) is 0 Å². The zero-order valence-electron chi connectivity index (χ0n) is 15.7. The van der Waals surface area contributed by atoms with Gasteiger partial charge in [0.2, 0.25) is 0 Å². The number of hydrogen-bond donors (Lipinski definition) is 0. The molecule has 3 unspecified atom stereocenters. The molecule has 0 aromatic heterocycles. The normalized spacial score (nSPS) is 25.1. The Morgan fingerprint density at radius 3 is 2.07 bits per heavy atom. The van der Waals surface area contributed by atoms with E-state index in [9.17, 15) is 9.59 Å². The molecule has 2 saturated heterocycles. The maximum Gasteiger partial charge on any atom is 0.633 e. The Balaban J connectivity index is 1.47. The first kappa shape index (κ1) is 18.7. The van der Waals surface area contributed by atoms with Crippen LogP contribution < -0.4 is 0 Å². The average molecular weight is 379 g/mol. The van der Waals surface area contributed by atoms with E-state index in [0.717, 1.165) is 11.1 Å². The molecule has 28 heavy (non-hydrogen) atoms. The minimum Gasteiger partial charge on any atom is -0.493 e. The van der Waals surface area contributed by atoms with Crippen molar-refractivity contribution in [3.63, 3.8) is 0 Å². The molecule has 0 bridgehead atoms. The van der Waals surface area contributed by atoms with Gasteiger partial charge >= 0.3 is 19.1 Å². The molecule has 6 nitrogen and oxygen atoms in total. The topological polar surface area (TPSA) is 65.1 Å². The zero-order chi connectivity index (χ0) is 19.7. The van der Waals surface area contributed by atoms with Crippen molar-refractivity contribution in [2.75, 3.05) is 13.1 Å². The van der Waals surface area contributed by atoms with Gasteiger partial charge in [-0.15, -0.1) is 7.05 Å². The standard InChI is InChI=1S/C21H22BNO5/c1-15(16-9-5-3-6-10-16)23(2)13-18(24)27-22(28-19(25)14-23)21-20(26-21)17-11-7-4-8-12-17/h3-12,15,20-21H,2,13-14H2,1H3. The van der Waals surface area contributed by atoms with Crippen LogP contribution in [0.2, 0.25) is 0 Å². The number of hydrogen-bond acceptors (Lipinski definition) is 5. The third-order valence-corrected chi connectivity index (χ3v) is 5.41. The van der Waals surface area contributed by atoms with E-state index in [1.54, 1.807) is 0 Å². The first-order valence-electron chi connectivity index (χ1n) is 9.32. The predicted molar refractivity (Wildman–Crippen MR) is 102 cm³/mol. The van der Waals surface area contributed by atoms with Crippen molar-refractivity contribution < 1.29 is 28.1 Å². The Morgan fingerprint density at radius 2 is 1.50 bits per heavy atom. The highest BCUT2D eigenvalue weighted by atomic mass is 16.7. The van der Waals surface area contributed by atoms with Gasteiger partial charge in [0, 0.05) is 5.56 Å². The highest BCUT2D eigenvalue weighted by Gasteiger charge is 2.57. The number of epoxide rings is 1. The van der Waals surface area contributed by atoms with Gasteiger partial charge in [-0.05, 0) is 12.5 Å². The predicted octanol–water partition coefficient (Wildman–Crippen LogP) is 2.62. The molecule has 7 heteroatoms. The van der Waals surface area contributed by atoms with Crippen LogP contribution in [-0.4, -0.2) is 42.6 Å². The van der Waals surface area contributed by atoms with Gasteiger partial charge in [0.25, 0.3) is 0 Å². The first-order chi connectivity index (χ1) is 13.5. The monoisotopic (exact) mass is 379 g/mol. The van der Waals surface area contributed by atoms with Crippen molar-refractivity contribution in [2.24, 2.45) is 0 Å². The van der Waals surface area contributed by atoms with Gasteiger partial charge in [0.1, 0.15) is 6.10 Å². The Hall–Kier alpha value is -2.64. The Bertz CT molecular complexity index is 840. The van der Waals surface area contributed by atoms with Gasteiger partial charge in [-0.1, -0.05) is 60.7 Å². The summed E-state index contributed by atoms with van der Waals surface area (Å²) in [6.07, 6.45) is -0.242. The molecule has 2 aliphatic rings. The van der Waals surface area contributed by atoms with Crippen LogP contribution in [0.3, 0.4) is 0 Å². The summed E-state index contributed by atoms with van der Waals surface area (Å²) in [5, 5.41) is 0. The quantitative estimate of drug-likeness (QED) is 0.354. The summed E-state index contributed by atoms with van der Waals surface area (Å²) >= 11 is 0. The second-order valence-electron chi connectivity index (χ2n) is 7.40. The largest absolute Gasteiger partial charge is 0.633 e. The Kier molecular flexibility index (Phi) is 4.95. The Morgan fingerprint density at radius 1 is 0.964 bits per heavy atom. The molecule has 0 radical (unpaired) electrons. The summed E-state index contributed by atoms with van der Waals surface area (Å²) in [6, 6.07) is 18.6. The molecule has 4 rings (SSSR count). The highest BCUT2D eigenvalue weighted by molar-refractivity contribution is 6.51. The molecule has 0 N–H and O–H groups in total. The highest BCUT2D eigenvalue weighted by Crippen LogP contribution is 2.41. The van der Waals surface area contributed by atoms with E-state index < -0.39 is 25.1 Å². The van der Waals surface area contributed by atoms with Crippen LogP contribution in [-0.2, 0) is 23.6 Å². The smallest absolute Gasteiger partial charge is 0.493 e. The van der Waals surface area contributed by atoms with Crippen molar-refractivity contribution in [3.05, 3.63) is 78.8 Å². The zero-order valence-corrected chi connectivity index (χ0v) is 15.7. The number of quaternary nitrogens is 1. The first-order valence-corrected chi connectivity index (χ1v) is 9.32. The van der Waals surface area contributed by atoms with Gasteiger partial charge in [0.15, 0.2) is 19.1 Å². The number of benzene rings is 2. The number of ether oxygens (including phenoxy) is 1. The lowest BCUT2D eigenvalue weighted by Crippen LogP contribution is -2.55. The molecule has 2 fully saturated rings. The molecule has 3 atom stereocenters. The molecule has 2 aliphatic heterocycles. The van der Waals surface area contributed by atoms with E-state index in [1.165, 1.54) is 0 Å². The number of rotatable bonds is 4. The van der Waals surface area contributed by atoms with Crippen molar-refractivity contribution in [2.45, 2.75) is 25.1 Å². The van der Waals surface area contributed by atoms with Crippen molar-refractivity contribution in [1.29, 1.82) is 0 Å². The van der Waals surface area contributed by atoms with E-state index >= 15 is 0 Å². The van der Waals surface area contributed by atoms with Gasteiger partial charge in [0.05, 0.1) is 6.04 Å². The number of carbonyl (C=O) groups excluding carboxylic acids is 2. The van der Waals surface area contributed by atoms with Crippen molar-refractivity contribution >= 4 is 19.1 Å². The van der Waals surface area contributed by atoms with Crippen LogP contribution >= 0.6 is 0 Å². The van der Waals surface area contributed by atoms with Crippen molar-refractivity contribution in [1.82, 2.24) is 0 Å². The molecule has 2 aromatic carbocycles. The van der Waals surface area contributed by atoms with E-state index in [-0.39, 0.29) is 29.7 Å². The second-order valence-corrected chi connectivity index (χ2v) is 7.40. The third kappa shape index (κ3) is 3.81. The fourth-order valence-corrected chi connectivity index (χ4v) is 3.63. The lowest BCUT2D eigenvalue weighted by molar-refractivity contribution is -0.900. The van der Waals surface area contributed by atoms with E-state index in [2.05, 4.69) is 7.05 Å². The Labute approximate surface area is 164 Å². The molecule has 144 valence electrons. The summed E-state index contributed by atoms with van der Waals surface area (Å²) in [7, 11) is 3.12. The van der Waals surface area contributed by atoms with Gasteiger partial charge in [-0.25, -0.2) is 9.59 Å². The summed E-state index contributed by atoms with van der Waals surface area (Å²) in [5.74, 6) is -0.921. The van der Waals surface area contributed by atoms with E-state index in [1.807, 2.05) is 67.6 Å². The minimum absolute atomic E-state index is 0.0234. The maximum atomic E-state index is 12.6. The molecular formula is C21H22BNO5. The van der Waals surface area contributed by atoms with E-state index in [4.69, 9.17) is 14.0 Å². The third-order valence-electron chi connectivity index (χ3n) is 5.41. The minimum atomic E-state index is -1.04. The van der Waals surface area contributed by atoms with Crippen LogP contribution in [0.1, 0.15) is 30.2 Å². The number of carbonyl (C=O) groups is 2. The second kappa shape index (κ2) is 7.41. The van der Waals surface area contributed by atoms with Crippen LogP contribution in [0.15, 0.2) is 60.7 Å². The fraction of sp³-hybridized carbons (Fsp3) is 0.286. The van der Waals surface area contributed by atoms with Crippen molar-refractivity contribution in [3.8, 4) is 0 Å². The molecule has 2 aromatic rings. The average Bonchev–Trinajstić information content (AvgIpc) is 3.48. The molecular weight excluding hydrogens is 357 g/mol. The fourth-order valence-electron chi connectivity index (χ4n) is 3.63. The van der Waals surface area contributed by atoms with Gasteiger partial charge < -0.3 is 18.5 Å². The molecule has 0 saturated carbocycles. The summed E-state index contributed by atoms with van der Waals surface area (Å²) < 4.78 is 16.5. The molecule has 0 aliphatic carbocycles. The lowest BCUT2D eigenvalue weighted by Gasteiger charge is -2.46. The SMILES string of the molecule is [CH2-][N+]1(C(C)c2ccccc2)CC(=O)OB(C2OC2c2ccccc2)OC(=O)C1. The lowest BCUT2D eigenvalue weighted by atomic mass is 9.80. The maximum absolute atomic E-state index is 12.6. The molecule has 0 spiro atoms. The summed E-state index contributed by atoms with van der Waals surface area (Å²) in [6.45, 7) is 1.90. The summed E-state index contributed by atoms with van der Waals surface area (Å²) in [4.78, 5) is 25.1. The molecule has 2 heterocycles. The van der Waals surface area contributed by atoms with Crippen LogP contribution in [0, 0.1) is 7.05 Å².